The Kier molecular flexibility index (Phi) is 5.57. The number of nitriles is 1. The number of halogens is 1. The minimum atomic E-state index is -0.480. The van der Waals surface area contributed by atoms with Gasteiger partial charge in [-0.05, 0) is 49.7 Å². The molecule has 0 bridgehead atoms. The number of rotatable bonds is 4. The van der Waals surface area contributed by atoms with E-state index in [0.29, 0.717) is 16.4 Å². The molecule has 1 amide bonds. The quantitative estimate of drug-likeness (QED) is 0.733. The Balaban J connectivity index is 1.88. The van der Waals surface area contributed by atoms with Crippen LogP contribution < -0.4 is 10.9 Å². The van der Waals surface area contributed by atoms with Gasteiger partial charge in [-0.3, -0.25) is 9.59 Å². The lowest BCUT2D eigenvalue weighted by Crippen LogP contribution is -2.29. The molecule has 0 aliphatic carbocycles. The third-order valence-corrected chi connectivity index (χ3v) is 4.44. The van der Waals surface area contributed by atoms with Gasteiger partial charge in [0.25, 0.3) is 5.56 Å². The van der Waals surface area contributed by atoms with Crippen LogP contribution in [0.3, 0.4) is 0 Å². The predicted molar refractivity (Wildman–Crippen MR) is 108 cm³/mol. The van der Waals surface area contributed by atoms with Gasteiger partial charge in [0.2, 0.25) is 5.91 Å². The lowest BCUT2D eigenvalue weighted by molar-refractivity contribution is -0.117. The van der Waals surface area contributed by atoms with Crippen molar-refractivity contribution >= 4 is 23.2 Å². The summed E-state index contributed by atoms with van der Waals surface area (Å²) in [7, 11) is 0. The van der Waals surface area contributed by atoms with Gasteiger partial charge in [-0.1, -0.05) is 29.3 Å². The topological polar surface area (TPSA) is 87.8 Å². The van der Waals surface area contributed by atoms with Gasteiger partial charge in [-0.15, -0.1) is 0 Å². The number of hydrogen-bond acceptors (Lipinski definition) is 4. The Hall–Kier alpha value is -3.43. The fraction of sp³-hybridized carbons (Fsp3) is 0.143. The molecule has 1 aromatic heterocycles. The van der Waals surface area contributed by atoms with E-state index in [-0.39, 0.29) is 12.1 Å². The van der Waals surface area contributed by atoms with Crippen LogP contribution in [-0.2, 0) is 11.3 Å². The van der Waals surface area contributed by atoms with Crippen molar-refractivity contribution in [2.24, 2.45) is 0 Å². The minimum absolute atomic E-state index is 0.280. The second kappa shape index (κ2) is 8.07. The highest BCUT2D eigenvalue weighted by Gasteiger charge is 2.12. The van der Waals surface area contributed by atoms with Crippen molar-refractivity contribution in [1.29, 1.82) is 5.26 Å². The number of anilines is 1. The molecule has 0 spiro atoms. The van der Waals surface area contributed by atoms with Crippen LogP contribution in [0.15, 0.2) is 53.3 Å². The van der Waals surface area contributed by atoms with E-state index in [9.17, 15) is 9.59 Å². The molecule has 6 nitrogen and oxygen atoms in total. The van der Waals surface area contributed by atoms with E-state index in [1.165, 1.54) is 18.2 Å². The predicted octanol–water partition coefficient (Wildman–Crippen LogP) is 3.69. The van der Waals surface area contributed by atoms with Gasteiger partial charge in [0.15, 0.2) is 0 Å². The Morgan fingerprint density at radius 1 is 1.18 bits per heavy atom. The Bertz CT molecular complexity index is 1160. The molecule has 0 aliphatic heterocycles. The van der Waals surface area contributed by atoms with E-state index in [2.05, 4.69) is 10.4 Å². The van der Waals surface area contributed by atoms with E-state index in [0.717, 1.165) is 21.4 Å². The third-order valence-electron chi connectivity index (χ3n) is 4.21. The maximum atomic E-state index is 12.4. The van der Waals surface area contributed by atoms with Crippen molar-refractivity contribution in [2.45, 2.75) is 20.4 Å². The van der Waals surface area contributed by atoms with Crippen LogP contribution in [0.1, 0.15) is 16.7 Å². The van der Waals surface area contributed by atoms with Crippen LogP contribution in [0.25, 0.3) is 11.3 Å². The van der Waals surface area contributed by atoms with Crippen molar-refractivity contribution in [2.75, 3.05) is 5.32 Å². The van der Waals surface area contributed by atoms with Gasteiger partial charge in [-0.2, -0.15) is 10.4 Å². The maximum Gasteiger partial charge on any atom is 0.267 e. The molecule has 1 heterocycles. The van der Waals surface area contributed by atoms with Crippen LogP contribution >= 0.6 is 11.6 Å². The molecule has 0 saturated carbocycles. The SMILES string of the molecule is Cc1ccc(C)c(-c2ccc(=O)n(CC(=O)Nc3cc(Cl)ccc3C#N)n2)c1. The number of benzene rings is 2. The smallest absolute Gasteiger partial charge is 0.267 e. The van der Waals surface area contributed by atoms with Gasteiger partial charge in [-0.25, -0.2) is 4.68 Å². The summed E-state index contributed by atoms with van der Waals surface area (Å²) >= 11 is 5.93. The van der Waals surface area contributed by atoms with E-state index < -0.39 is 11.5 Å². The number of carbonyl (C=O) groups is 1. The van der Waals surface area contributed by atoms with Gasteiger partial charge in [0.1, 0.15) is 12.6 Å². The number of amides is 1. The molecule has 0 saturated heterocycles. The summed E-state index contributed by atoms with van der Waals surface area (Å²) in [5, 5.41) is 16.5. The zero-order valence-corrected chi connectivity index (χ0v) is 16.1. The van der Waals surface area contributed by atoms with Crippen LogP contribution in [0.4, 0.5) is 5.69 Å². The first-order valence-corrected chi connectivity index (χ1v) is 8.90. The first-order valence-electron chi connectivity index (χ1n) is 8.52. The standard InChI is InChI=1S/C21H17ClN4O2/c1-13-3-4-14(2)17(9-13)18-7-8-21(28)26(25-18)12-20(27)24-19-10-16(22)6-5-15(19)11-23/h3-10H,12H2,1-2H3,(H,24,27). The second-order valence-corrected chi connectivity index (χ2v) is 6.82. The van der Waals surface area contributed by atoms with E-state index in [1.54, 1.807) is 12.1 Å². The van der Waals surface area contributed by atoms with Gasteiger partial charge >= 0.3 is 0 Å². The molecular weight excluding hydrogens is 376 g/mol. The summed E-state index contributed by atoms with van der Waals surface area (Å²) in [6, 6.07) is 15.6. The average molecular weight is 393 g/mol. The molecule has 0 unspecified atom stereocenters. The normalized spacial score (nSPS) is 10.4. The summed E-state index contributed by atoms with van der Waals surface area (Å²) < 4.78 is 1.10. The summed E-state index contributed by atoms with van der Waals surface area (Å²) in [5.74, 6) is -0.480. The van der Waals surface area contributed by atoms with Gasteiger partial charge in [0, 0.05) is 16.7 Å². The summed E-state index contributed by atoms with van der Waals surface area (Å²) in [5.41, 5.74) is 3.77. The fourth-order valence-corrected chi connectivity index (χ4v) is 2.93. The van der Waals surface area contributed by atoms with Crippen molar-refractivity contribution < 1.29 is 4.79 Å². The lowest BCUT2D eigenvalue weighted by atomic mass is 10.0. The van der Waals surface area contributed by atoms with Crippen molar-refractivity contribution in [3.63, 3.8) is 0 Å². The molecule has 7 heteroatoms. The summed E-state index contributed by atoms with van der Waals surface area (Å²) in [6.45, 7) is 3.65. The molecule has 3 rings (SSSR count). The van der Waals surface area contributed by atoms with Crippen LogP contribution in [0, 0.1) is 25.2 Å². The molecule has 0 aliphatic rings. The highest BCUT2D eigenvalue weighted by molar-refractivity contribution is 6.31. The number of aromatic nitrogens is 2. The van der Waals surface area contributed by atoms with Gasteiger partial charge in [0.05, 0.1) is 16.9 Å². The van der Waals surface area contributed by atoms with Crippen molar-refractivity contribution in [3.05, 3.63) is 80.6 Å². The van der Waals surface area contributed by atoms with Crippen molar-refractivity contribution in [1.82, 2.24) is 9.78 Å². The number of carbonyl (C=O) groups excluding carboxylic acids is 1. The molecule has 140 valence electrons. The molecule has 0 fully saturated rings. The second-order valence-electron chi connectivity index (χ2n) is 6.38. The third kappa shape index (κ3) is 4.27. The van der Waals surface area contributed by atoms with E-state index >= 15 is 0 Å². The molecule has 3 aromatic rings. The van der Waals surface area contributed by atoms with E-state index in [1.807, 2.05) is 38.1 Å². The van der Waals surface area contributed by atoms with E-state index in [4.69, 9.17) is 16.9 Å². The summed E-state index contributed by atoms with van der Waals surface area (Å²) in [4.78, 5) is 24.6. The van der Waals surface area contributed by atoms with Gasteiger partial charge < -0.3 is 5.32 Å². The molecule has 28 heavy (non-hydrogen) atoms. The lowest BCUT2D eigenvalue weighted by Gasteiger charge is -2.11. The highest BCUT2D eigenvalue weighted by atomic mass is 35.5. The summed E-state index contributed by atoms with van der Waals surface area (Å²) in [6.07, 6.45) is 0. The van der Waals surface area contributed by atoms with Crippen LogP contribution in [0.2, 0.25) is 5.02 Å². The van der Waals surface area contributed by atoms with Crippen LogP contribution in [-0.4, -0.2) is 15.7 Å². The fourth-order valence-electron chi connectivity index (χ4n) is 2.76. The number of nitrogens with one attached hydrogen (secondary N) is 1. The number of aryl methyl sites for hydroxylation is 2. The van der Waals surface area contributed by atoms with Crippen molar-refractivity contribution in [3.8, 4) is 17.3 Å². The Labute approximate surface area is 167 Å². The number of hydrogen-bond donors (Lipinski definition) is 1. The zero-order chi connectivity index (χ0) is 20.3. The maximum absolute atomic E-state index is 12.4. The largest absolute Gasteiger partial charge is 0.323 e. The zero-order valence-electron chi connectivity index (χ0n) is 15.4. The first-order chi connectivity index (χ1) is 13.4. The Morgan fingerprint density at radius 3 is 2.71 bits per heavy atom. The minimum Gasteiger partial charge on any atom is -0.323 e. The number of nitrogens with zero attached hydrogens (tertiary/aromatic N) is 3. The Morgan fingerprint density at radius 2 is 1.96 bits per heavy atom. The molecule has 0 atom stereocenters. The molecule has 0 radical (unpaired) electrons. The average Bonchev–Trinajstić information content (AvgIpc) is 2.66. The molecule has 2 aromatic carbocycles. The highest BCUT2D eigenvalue weighted by Crippen LogP contribution is 2.22. The molecule has 1 N–H and O–H groups in total. The van der Waals surface area contributed by atoms with Crippen LogP contribution in [0.5, 0.6) is 0 Å². The molecular formula is C21H17ClN4O2. The first kappa shape index (κ1) is 19.3. The monoisotopic (exact) mass is 392 g/mol.